The van der Waals surface area contributed by atoms with E-state index in [0.717, 1.165) is 11.3 Å². The molecule has 3 N–H and O–H groups in total. The summed E-state index contributed by atoms with van der Waals surface area (Å²) < 4.78 is 1.68. The number of hydrogen-bond acceptors (Lipinski definition) is 6. The summed E-state index contributed by atoms with van der Waals surface area (Å²) in [5.74, 6) is -0.111. The van der Waals surface area contributed by atoms with Gasteiger partial charge in [0.25, 0.3) is 5.91 Å². The molecule has 1 aromatic carbocycles. The number of benzene rings is 1. The average molecular weight is 309 g/mol. The number of nitrogens with zero attached hydrogens (tertiary/aromatic N) is 5. The normalized spacial score (nSPS) is 11.9. The maximum atomic E-state index is 11.1. The van der Waals surface area contributed by atoms with Crippen LogP contribution in [-0.4, -0.2) is 30.6 Å². The van der Waals surface area contributed by atoms with Crippen LogP contribution in [0.1, 0.15) is 29.0 Å². The summed E-state index contributed by atoms with van der Waals surface area (Å²) in [5, 5.41) is 7.27. The van der Waals surface area contributed by atoms with E-state index in [4.69, 9.17) is 5.73 Å². The predicted octanol–water partition coefficient (Wildman–Crippen LogP) is 1.33. The Hall–Kier alpha value is -3.29. The van der Waals surface area contributed by atoms with Crippen LogP contribution in [0.5, 0.6) is 0 Å². The fourth-order valence-corrected chi connectivity index (χ4v) is 2.12. The number of nitrogens with two attached hydrogens (primary N) is 1. The fraction of sp³-hybridized carbons (Fsp3) is 0.133. The summed E-state index contributed by atoms with van der Waals surface area (Å²) in [6.45, 7) is 1.99. The van der Waals surface area contributed by atoms with Crippen molar-refractivity contribution >= 4 is 11.7 Å². The Kier molecular flexibility index (Phi) is 3.96. The van der Waals surface area contributed by atoms with Crippen molar-refractivity contribution in [2.75, 3.05) is 5.32 Å². The Morgan fingerprint density at radius 1 is 1.22 bits per heavy atom. The molecule has 0 aliphatic heterocycles. The first kappa shape index (κ1) is 14.6. The Morgan fingerprint density at radius 3 is 2.65 bits per heavy atom. The summed E-state index contributed by atoms with van der Waals surface area (Å²) in [6, 6.07) is 7.86. The number of aromatic nitrogens is 5. The first-order chi connectivity index (χ1) is 11.1. The van der Waals surface area contributed by atoms with Gasteiger partial charge in [0.1, 0.15) is 24.2 Å². The Labute approximate surface area is 132 Å². The zero-order valence-electron chi connectivity index (χ0n) is 12.4. The Bertz CT molecular complexity index is 799. The molecule has 1 amide bonds. The zero-order chi connectivity index (χ0) is 16.2. The minimum Gasteiger partial charge on any atom is -0.364 e. The van der Waals surface area contributed by atoms with Crippen molar-refractivity contribution in [1.29, 1.82) is 0 Å². The van der Waals surface area contributed by atoms with Gasteiger partial charge in [-0.3, -0.25) is 9.78 Å². The molecular weight excluding hydrogens is 294 g/mol. The van der Waals surface area contributed by atoms with Gasteiger partial charge in [-0.25, -0.2) is 14.6 Å². The molecule has 23 heavy (non-hydrogen) atoms. The molecule has 1 atom stereocenters. The molecule has 3 aromatic rings. The smallest absolute Gasteiger partial charge is 0.268 e. The average Bonchev–Trinajstić information content (AvgIpc) is 3.09. The number of carbonyl (C=O) groups is 1. The molecule has 0 spiro atoms. The summed E-state index contributed by atoms with van der Waals surface area (Å²) in [6.07, 6.45) is 6.02. The summed E-state index contributed by atoms with van der Waals surface area (Å²) in [4.78, 5) is 23.1. The van der Waals surface area contributed by atoms with Gasteiger partial charge in [0.05, 0.1) is 18.1 Å². The van der Waals surface area contributed by atoms with E-state index in [0.29, 0.717) is 5.82 Å². The van der Waals surface area contributed by atoms with E-state index >= 15 is 0 Å². The molecule has 3 rings (SSSR count). The third-order valence-corrected chi connectivity index (χ3v) is 3.33. The number of nitrogens with one attached hydrogen (secondary N) is 1. The number of hydrogen-bond donors (Lipinski definition) is 2. The molecular formula is C15H15N7O. The van der Waals surface area contributed by atoms with Crippen LogP contribution >= 0.6 is 0 Å². The summed E-state index contributed by atoms with van der Waals surface area (Å²) >= 11 is 0. The molecule has 116 valence electrons. The highest BCUT2D eigenvalue weighted by Crippen LogP contribution is 2.19. The largest absolute Gasteiger partial charge is 0.364 e. The van der Waals surface area contributed by atoms with Crippen molar-refractivity contribution in [3.63, 3.8) is 0 Å². The van der Waals surface area contributed by atoms with E-state index in [9.17, 15) is 4.79 Å². The number of primary amides is 1. The van der Waals surface area contributed by atoms with Crippen LogP contribution < -0.4 is 11.1 Å². The van der Waals surface area contributed by atoms with Gasteiger partial charge in [-0.1, -0.05) is 12.1 Å². The molecule has 0 saturated carbocycles. The molecule has 1 unspecified atom stereocenters. The lowest BCUT2D eigenvalue weighted by Crippen LogP contribution is -2.15. The fourth-order valence-electron chi connectivity index (χ4n) is 2.12. The lowest BCUT2D eigenvalue weighted by molar-refractivity contribution is 0.0995. The van der Waals surface area contributed by atoms with Crippen LogP contribution in [0.2, 0.25) is 0 Å². The van der Waals surface area contributed by atoms with E-state index in [2.05, 4.69) is 25.4 Å². The highest BCUT2D eigenvalue weighted by Gasteiger charge is 2.09. The maximum Gasteiger partial charge on any atom is 0.268 e. The monoisotopic (exact) mass is 309 g/mol. The second-order valence-electron chi connectivity index (χ2n) is 4.95. The van der Waals surface area contributed by atoms with Crippen molar-refractivity contribution in [3.05, 3.63) is 60.6 Å². The van der Waals surface area contributed by atoms with Crippen molar-refractivity contribution in [2.45, 2.75) is 13.0 Å². The molecule has 0 bridgehead atoms. The van der Waals surface area contributed by atoms with Gasteiger partial charge in [-0.15, -0.1) is 0 Å². The molecule has 8 nitrogen and oxygen atoms in total. The van der Waals surface area contributed by atoms with Crippen LogP contribution in [0.4, 0.5) is 5.82 Å². The summed E-state index contributed by atoms with van der Waals surface area (Å²) in [5.41, 5.74) is 7.31. The van der Waals surface area contributed by atoms with Gasteiger partial charge in [-0.05, 0) is 24.6 Å². The van der Waals surface area contributed by atoms with Crippen LogP contribution in [0.3, 0.4) is 0 Å². The van der Waals surface area contributed by atoms with E-state index in [1.807, 2.05) is 31.2 Å². The predicted molar refractivity (Wildman–Crippen MR) is 83.9 cm³/mol. The van der Waals surface area contributed by atoms with Gasteiger partial charge >= 0.3 is 0 Å². The zero-order valence-corrected chi connectivity index (χ0v) is 12.4. The van der Waals surface area contributed by atoms with E-state index in [1.165, 1.54) is 12.5 Å². The second kappa shape index (κ2) is 6.22. The molecule has 0 aliphatic rings. The van der Waals surface area contributed by atoms with E-state index in [-0.39, 0.29) is 11.7 Å². The first-order valence-corrected chi connectivity index (χ1v) is 6.97. The molecule has 8 heteroatoms. The molecule has 0 radical (unpaired) electrons. The third-order valence-electron chi connectivity index (χ3n) is 3.33. The second-order valence-corrected chi connectivity index (χ2v) is 4.95. The Morgan fingerprint density at radius 2 is 2.00 bits per heavy atom. The first-order valence-electron chi connectivity index (χ1n) is 6.97. The number of carbonyl (C=O) groups excluding carboxylic acids is 1. The SMILES string of the molecule is CC(Nc1cncc(C(N)=O)n1)c1ccc(-n2cncn2)cc1. The lowest BCUT2D eigenvalue weighted by atomic mass is 10.1. The molecule has 0 saturated heterocycles. The van der Waals surface area contributed by atoms with Gasteiger partial charge in [0.15, 0.2) is 0 Å². The van der Waals surface area contributed by atoms with Gasteiger partial charge in [0.2, 0.25) is 0 Å². The van der Waals surface area contributed by atoms with Gasteiger partial charge in [0, 0.05) is 6.04 Å². The molecule has 0 aliphatic carbocycles. The highest BCUT2D eigenvalue weighted by molar-refractivity contribution is 5.90. The summed E-state index contributed by atoms with van der Waals surface area (Å²) in [7, 11) is 0. The number of anilines is 1. The van der Waals surface area contributed by atoms with Crippen LogP contribution in [-0.2, 0) is 0 Å². The highest BCUT2D eigenvalue weighted by atomic mass is 16.1. The van der Waals surface area contributed by atoms with Gasteiger partial charge in [-0.2, -0.15) is 5.10 Å². The van der Waals surface area contributed by atoms with Crippen LogP contribution in [0.25, 0.3) is 5.69 Å². The quantitative estimate of drug-likeness (QED) is 0.735. The minimum atomic E-state index is -0.606. The maximum absolute atomic E-state index is 11.1. The Balaban J connectivity index is 1.74. The van der Waals surface area contributed by atoms with Crippen molar-refractivity contribution in [3.8, 4) is 5.69 Å². The van der Waals surface area contributed by atoms with Crippen LogP contribution in [0, 0.1) is 0 Å². The molecule has 0 fully saturated rings. The number of rotatable bonds is 5. The third kappa shape index (κ3) is 3.31. The number of amides is 1. The topological polar surface area (TPSA) is 112 Å². The van der Waals surface area contributed by atoms with Crippen molar-refractivity contribution in [2.24, 2.45) is 5.73 Å². The van der Waals surface area contributed by atoms with E-state index < -0.39 is 5.91 Å². The molecule has 2 aromatic heterocycles. The molecule has 2 heterocycles. The van der Waals surface area contributed by atoms with Crippen molar-refractivity contribution in [1.82, 2.24) is 24.7 Å². The van der Waals surface area contributed by atoms with E-state index in [1.54, 1.807) is 17.2 Å². The van der Waals surface area contributed by atoms with Gasteiger partial charge < -0.3 is 11.1 Å². The minimum absolute atomic E-state index is 0.0165. The van der Waals surface area contributed by atoms with Crippen LogP contribution in [0.15, 0.2) is 49.3 Å². The standard InChI is InChI=1S/C15H15N7O/c1-10(20-14-7-17-6-13(21-14)15(16)23)11-2-4-12(5-3-11)22-9-18-8-19-22/h2-10H,1H3,(H2,16,23)(H,20,21). The van der Waals surface area contributed by atoms with Crippen molar-refractivity contribution < 1.29 is 4.79 Å². The lowest BCUT2D eigenvalue weighted by Gasteiger charge is -2.15.